The fourth-order valence-electron chi connectivity index (χ4n) is 0.823. The molecule has 1 fully saturated rings. The van der Waals surface area contributed by atoms with Crippen molar-refractivity contribution < 1.29 is 4.74 Å². The van der Waals surface area contributed by atoms with E-state index in [4.69, 9.17) is 4.74 Å². The molecule has 9 heavy (non-hydrogen) atoms. The number of epoxide rings is 1. The van der Waals surface area contributed by atoms with E-state index in [1.165, 1.54) is 0 Å². The Hall–Kier alpha value is -0.830. The monoisotopic (exact) mass is 124 g/mol. The third-order valence-electron chi connectivity index (χ3n) is 1.39. The van der Waals surface area contributed by atoms with Gasteiger partial charge in [-0.2, -0.15) is 5.10 Å². The predicted molar refractivity (Wildman–Crippen MR) is 32.0 cm³/mol. The summed E-state index contributed by atoms with van der Waals surface area (Å²) in [5.74, 6) is 0. The molecule has 0 radical (unpaired) electrons. The Morgan fingerprint density at radius 2 is 2.67 bits per heavy atom. The van der Waals surface area contributed by atoms with Crippen LogP contribution in [0.1, 0.15) is 17.5 Å². The molecule has 3 heteroatoms. The summed E-state index contributed by atoms with van der Waals surface area (Å²) in [7, 11) is 0. The van der Waals surface area contributed by atoms with E-state index in [0.717, 1.165) is 18.0 Å². The molecule has 1 atom stereocenters. The molecule has 0 unspecified atom stereocenters. The molecule has 0 saturated carbocycles. The van der Waals surface area contributed by atoms with Gasteiger partial charge in [0.25, 0.3) is 0 Å². The molecular formula is C6H8N2O. The standard InChI is InChI=1S/C6H8N2O/c1-4-2-5(8-7-4)6-3-9-6/h2,6H,3H2,1H3,(H,7,8)/t6-/m0/s1. The Bertz CT molecular complexity index is 215. The van der Waals surface area contributed by atoms with Crippen molar-refractivity contribution in [1.82, 2.24) is 10.2 Å². The predicted octanol–water partition coefficient (Wildman–Crippen LogP) is 0.789. The molecule has 1 aromatic heterocycles. The third-order valence-corrected chi connectivity index (χ3v) is 1.39. The maximum atomic E-state index is 5.03. The van der Waals surface area contributed by atoms with Gasteiger partial charge < -0.3 is 4.74 Å². The molecule has 48 valence electrons. The number of nitrogens with zero attached hydrogens (tertiary/aromatic N) is 1. The lowest BCUT2D eigenvalue weighted by molar-refractivity contribution is 0.411. The molecule has 0 bridgehead atoms. The Morgan fingerprint density at radius 1 is 1.89 bits per heavy atom. The Balaban J connectivity index is 2.28. The molecule has 3 nitrogen and oxygen atoms in total. The van der Waals surface area contributed by atoms with Gasteiger partial charge in [0.1, 0.15) is 6.10 Å². The SMILES string of the molecule is Cc1cc([C@@H]2CO2)n[nH]1. The first-order valence-electron chi connectivity index (χ1n) is 3.00. The summed E-state index contributed by atoms with van der Waals surface area (Å²) in [6, 6.07) is 2.01. The van der Waals surface area contributed by atoms with Crippen LogP contribution < -0.4 is 0 Å². The molecule has 0 aromatic carbocycles. The van der Waals surface area contributed by atoms with Gasteiger partial charge in [0, 0.05) is 5.69 Å². The first-order chi connectivity index (χ1) is 4.36. The Morgan fingerprint density at radius 3 is 3.11 bits per heavy atom. The van der Waals surface area contributed by atoms with Crippen molar-refractivity contribution in [2.75, 3.05) is 6.61 Å². The van der Waals surface area contributed by atoms with E-state index in [1.807, 2.05) is 13.0 Å². The molecule has 1 N–H and O–H groups in total. The van der Waals surface area contributed by atoms with Crippen molar-refractivity contribution in [2.45, 2.75) is 13.0 Å². The lowest BCUT2D eigenvalue weighted by Gasteiger charge is -1.77. The minimum Gasteiger partial charge on any atom is -0.366 e. The summed E-state index contributed by atoms with van der Waals surface area (Å²) in [5.41, 5.74) is 2.13. The molecule has 1 saturated heterocycles. The number of rotatable bonds is 1. The number of hydrogen-bond acceptors (Lipinski definition) is 2. The highest BCUT2D eigenvalue weighted by Crippen LogP contribution is 2.27. The Kier molecular flexibility index (Phi) is 0.873. The molecule has 0 aliphatic carbocycles. The van der Waals surface area contributed by atoms with Gasteiger partial charge in [0.2, 0.25) is 0 Å². The van der Waals surface area contributed by atoms with Gasteiger partial charge in [-0.1, -0.05) is 0 Å². The second kappa shape index (κ2) is 1.57. The van der Waals surface area contributed by atoms with Crippen molar-refractivity contribution in [3.63, 3.8) is 0 Å². The molecule has 1 aliphatic rings. The summed E-state index contributed by atoms with van der Waals surface area (Å²) in [5, 5.41) is 6.89. The zero-order chi connectivity index (χ0) is 6.27. The summed E-state index contributed by atoms with van der Waals surface area (Å²) in [4.78, 5) is 0. The lowest BCUT2D eigenvalue weighted by atomic mass is 10.3. The van der Waals surface area contributed by atoms with Crippen molar-refractivity contribution in [3.8, 4) is 0 Å². The molecule has 1 aromatic rings. The van der Waals surface area contributed by atoms with Crippen molar-refractivity contribution >= 4 is 0 Å². The highest BCUT2D eigenvalue weighted by molar-refractivity contribution is 5.12. The number of aromatic amines is 1. The van der Waals surface area contributed by atoms with Crippen LogP contribution in [0.15, 0.2) is 6.07 Å². The van der Waals surface area contributed by atoms with Crippen molar-refractivity contribution in [3.05, 3.63) is 17.5 Å². The van der Waals surface area contributed by atoms with Gasteiger partial charge in [-0.3, -0.25) is 5.10 Å². The van der Waals surface area contributed by atoms with Crippen molar-refractivity contribution in [1.29, 1.82) is 0 Å². The zero-order valence-corrected chi connectivity index (χ0v) is 5.22. The minimum absolute atomic E-state index is 0.287. The van der Waals surface area contributed by atoms with E-state index in [-0.39, 0.29) is 6.10 Å². The van der Waals surface area contributed by atoms with E-state index >= 15 is 0 Å². The number of H-pyrrole nitrogens is 1. The van der Waals surface area contributed by atoms with Gasteiger partial charge in [-0.05, 0) is 13.0 Å². The average molecular weight is 124 g/mol. The maximum Gasteiger partial charge on any atom is 0.125 e. The second-order valence-corrected chi connectivity index (χ2v) is 2.30. The van der Waals surface area contributed by atoms with E-state index in [1.54, 1.807) is 0 Å². The number of aryl methyl sites for hydroxylation is 1. The normalized spacial score (nSPS) is 24.3. The summed E-state index contributed by atoms with van der Waals surface area (Å²) in [6.45, 7) is 2.82. The molecule has 1 aliphatic heterocycles. The fourth-order valence-corrected chi connectivity index (χ4v) is 0.823. The van der Waals surface area contributed by atoms with Crippen LogP contribution in [-0.4, -0.2) is 16.8 Å². The maximum absolute atomic E-state index is 5.03. The van der Waals surface area contributed by atoms with Gasteiger partial charge in [0.15, 0.2) is 0 Å². The first kappa shape index (κ1) is 4.99. The number of ether oxygens (including phenoxy) is 1. The van der Waals surface area contributed by atoms with Crippen LogP contribution in [-0.2, 0) is 4.74 Å². The van der Waals surface area contributed by atoms with E-state index < -0.39 is 0 Å². The Labute approximate surface area is 53.0 Å². The summed E-state index contributed by atoms with van der Waals surface area (Å²) >= 11 is 0. The molecular weight excluding hydrogens is 116 g/mol. The van der Waals surface area contributed by atoms with Crippen LogP contribution in [0.2, 0.25) is 0 Å². The van der Waals surface area contributed by atoms with Gasteiger partial charge in [0.05, 0.1) is 12.3 Å². The zero-order valence-electron chi connectivity index (χ0n) is 5.22. The van der Waals surface area contributed by atoms with Gasteiger partial charge in [-0.15, -0.1) is 0 Å². The topological polar surface area (TPSA) is 41.2 Å². The lowest BCUT2D eigenvalue weighted by Crippen LogP contribution is -1.77. The first-order valence-corrected chi connectivity index (χ1v) is 3.00. The fraction of sp³-hybridized carbons (Fsp3) is 0.500. The highest BCUT2D eigenvalue weighted by atomic mass is 16.6. The van der Waals surface area contributed by atoms with Crippen LogP contribution in [0.3, 0.4) is 0 Å². The minimum atomic E-state index is 0.287. The average Bonchev–Trinajstić information content (AvgIpc) is 2.58. The molecule has 2 heterocycles. The third kappa shape index (κ3) is 0.833. The smallest absolute Gasteiger partial charge is 0.125 e. The number of aromatic nitrogens is 2. The number of hydrogen-bond donors (Lipinski definition) is 1. The summed E-state index contributed by atoms with van der Waals surface area (Å²) < 4.78 is 5.03. The summed E-state index contributed by atoms with van der Waals surface area (Å²) in [6.07, 6.45) is 0.287. The van der Waals surface area contributed by atoms with E-state index in [2.05, 4.69) is 10.2 Å². The van der Waals surface area contributed by atoms with Crippen LogP contribution in [0.5, 0.6) is 0 Å². The van der Waals surface area contributed by atoms with Crippen LogP contribution >= 0.6 is 0 Å². The van der Waals surface area contributed by atoms with Gasteiger partial charge in [-0.25, -0.2) is 0 Å². The second-order valence-electron chi connectivity index (χ2n) is 2.30. The molecule has 0 amide bonds. The highest BCUT2D eigenvalue weighted by Gasteiger charge is 2.26. The van der Waals surface area contributed by atoms with E-state index in [0.29, 0.717) is 0 Å². The van der Waals surface area contributed by atoms with Gasteiger partial charge >= 0.3 is 0 Å². The van der Waals surface area contributed by atoms with Crippen molar-refractivity contribution in [2.24, 2.45) is 0 Å². The number of nitrogens with one attached hydrogen (secondary N) is 1. The molecule has 2 rings (SSSR count). The largest absolute Gasteiger partial charge is 0.366 e. The van der Waals surface area contributed by atoms with Crippen LogP contribution in [0.25, 0.3) is 0 Å². The quantitative estimate of drug-likeness (QED) is 0.562. The molecule has 0 spiro atoms. The van der Waals surface area contributed by atoms with Crippen LogP contribution in [0.4, 0.5) is 0 Å². The van der Waals surface area contributed by atoms with E-state index in [9.17, 15) is 0 Å². The van der Waals surface area contributed by atoms with Crippen LogP contribution in [0, 0.1) is 6.92 Å².